The Balaban J connectivity index is 5.09. The van der Waals surface area contributed by atoms with Gasteiger partial charge in [-0.25, -0.2) is 0 Å². The summed E-state index contributed by atoms with van der Waals surface area (Å²) in [5.74, 6) is 0.520. The minimum Gasteiger partial charge on any atom is -0.299 e. The highest BCUT2D eigenvalue weighted by Crippen LogP contribution is 2.26. The molecule has 0 unspecified atom stereocenters. The van der Waals surface area contributed by atoms with Crippen molar-refractivity contribution in [2.24, 2.45) is 23.7 Å². The Labute approximate surface area is 119 Å². The molecule has 0 amide bonds. The summed E-state index contributed by atoms with van der Waals surface area (Å²) in [5.41, 5.74) is 0. The van der Waals surface area contributed by atoms with E-state index in [1.165, 1.54) is 0 Å². The van der Waals surface area contributed by atoms with Crippen LogP contribution in [-0.4, -0.2) is 11.6 Å². The molecule has 0 bridgehead atoms. The maximum Gasteiger partial charge on any atom is 0.146 e. The van der Waals surface area contributed by atoms with E-state index in [4.69, 9.17) is 0 Å². The third-order valence-corrected chi connectivity index (χ3v) is 4.17. The number of hydrogen-bond acceptors (Lipinski definition) is 2. The molecule has 0 radical (unpaired) electrons. The fourth-order valence-electron chi connectivity index (χ4n) is 2.80. The van der Waals surface area contributed by atoms with E-state index >= 15 is 0 Å². The Morgan fingerprint density at radius 1 is 0.737 bits per heavy atom. The Kier molecular flexibility index (Phi) is 8.95. The van der Waals surface area contributed by atoms with Crippen LogP contribution in [0.3, 0.4) is 0 Å². The monoisotopic (exact) mass is 268 g/mol. The van der Waals surface area contributed by atoms with E-state index in [1.807, 2.05) is 27.7 Å². The molecule has 0 N–H and O–H groups in total. The van der Waals surface area contributed by atoms with Crippen molar-refractivity contribution in [1.29, 1.82) is 0 Å². The first-order valence-electron chi connectivity index (χ1n) is 8.00. The summed E-state index contributed by atoms with van der Waals surface area (Å²) < 4.78 is 0. The fraction of sp³-hybridized carbons (Fsp3) is 0.882. The van der Waals surface area contributed by atoms with E-state index < -0.39 is 0 Å². The zero-order chi connectivity index (χ0) is 15.0. The van der Waals surface area contributed by atoms with Crippen molar-refractivity contribution in [1.82, 2.24) is 0 Å². The summed E-state index contributed by atoms with van der Waals surface area (Å²) in [6.07, 6.45) is 4.10. The summed E-state index contributed by atoms with van der Waals surface area (Å²) in [6.45, 7) is 12.3. The maximum absolute atomic E-state index is 12.6. The van der Waals surface area contributed by atoms with Crippen molar-refractivity contribution in [2.75, 3.05) is 0 Å². The molecule has 112 valence electrons. The van der Waals surface area contributed by atoms with Crippen LogP contribution in [0.25, 0.3) is 0 Å². The Hall–Kier alpha value is -0.660. The lowest BCUT2D eigenvalue weighted by atomic mass is 9.77. The maximum atomic E-state index is 12.6. The van der Waals surface area contributed by atoms with Crippen LogP contribution < -0.4 is 0 Å². The highest BCUT2D eigenvalue weighted by molar-refractivity contribution is 6.04. The topological polar surface area (TPSA) is 34.1 Å². The van der Waals surface area contributed by atoms with E-state index in [9.17, 15) is 9.59 Å². The summed E-state index contributed by atoms with van der Waals surface area (Å²) in [4.78, 5) is 25.2. The quantitative estimate of drug-likeness (QED) is 0.540. The van der Waals surface area contributed by atoms with Crippen LogP contribution in [0.15, 0.2) is 0 Å². The van der Waals surface area contributed by atoms with Crippen LogP contribution in [-0.2, 0) is 9.59 Å². The van der Waals surface area contributed by atoms with Gasteiger partial charge in [-0.1, -0.05) is 41.5 Å². The molecule has 0 heterocycles. The first kappa shape index (κ1) is 18.3. The van der Waals surface area contributed by atoms with Crippen LogP contribution >= 0.6 is 0 Å². The second kappa shape index (κ2) is 9.28. The summed E-state index contributed by atoms with van der Waals surface area (Å²) >= 11 is 0. The third kappa shape index (κ3) is 5.46. The van der Waals surface area contributed by atoms with Gasteiger partial charge in [0.2, 0.25) is 0 Å². The van der Waals surface area contributed by atoms with Crippen LogP contribution in [0.2, 0.25) is 0 Å². The second-order valence-electron chi connectivity index (χ2n) is 6.01. The SMILES string of the molecule is CCC(CC)C(=O)C(CC(C)C)C(=O)C(CC)CC. The van der Waals surface area contributed by atoms with Crippen LogP contribution in [0.1, 0.15) is 73.6 Å². The molecule has 0 aromatic rings. The van der Waals surface area contributed by atoms with Crippen molar-refractivity contribution < 1.29 is 9.59 Å². The second-order valence-corrected chi connectivity index (χ2v) is 6.01. The van der Waals surface area contributed by atoms with E-state index in [-0.39, 0.29) is 29.3 Å². The van der Waals surface area contributed by atoms with Gasteiger partial charge >= 0.3 is 0 Å². The molecule has 0 aliphatic heterocycles. The molecule has 2 heteroatoms. The number of carbonyl (C=O) groups excluding carboxylic acids is 2. The molecule has 0 aliphatic carbocycles. The van der Waals surface area contributed by atoms with Gasteiger partial charge < -0.3 is 0 Å². The van der Waals surface area contributed by atoms with Crippen LogP contribution in [0.4, 0.5) is 0 Å². The van der Waals surface area contributed by atoms with Crippen molar-refractivity contribution in [2.45, 2.75) is 73.6 Å². The summed E-state index contributed by atoms with van der Waals surface area (Å²) in [6, 6.07) is 0. The van der Waals surface area contributed by atoms with Crippen LogP contribution in [0.5, 0.6) is 0 Å². The van der Waals surface area contributed by atoms with Gasteiger partial charge in [-0.2, -0.15) is 0 Å². The molecule has 0 atom stereocenters. The zero-order valence-electron chi connectivity index (χ0n) is 13.7. The van der Waals surface area contributed by atoms with E-state index in [2.05, 4.69) is 13.8 Å². The molecule has 19 heavy (non-hydrogen) atoms. The lowest BCUT2D eigenvalue weighted by Gasteiger charge is -2.24. The van der Waals surface area contributed by atoms with Gasteiger partial charge in [0.05, 0.1) is 5.92 Å². The van der Waals surface area contributed by atoms with Gasteiger partial charge in [0.15, 0.2) is 0 Å². The first-order valence-corrected chi connectivity index (χ1v) is 8.00. The molecule has 0 spiro atoms. The molecule has 0 fully saturated rings. The Morgan fingerprint density at radius 2 is 1.05 bits per heavy atom. The molecule has 0 aliphatic rings. The molecule has 0 aromatic carbocycles. The molecule has 0 rings (SSSR count). The molecule has 0 saturated heterocycles. The number of Topliss-reactive ketones (excluding diaryl/α,β-unsaturated/α-hetero) is 2. The largest absolute Gasteiger partial charge is 0.299 e. The predicted molar refractivity (Wildman–Crippen MR) is 81.1 cm³/mol. The minimum absolute atomic E-state index is 0.0575. The van der Waals surface area contributed by atoms with Crippen molar-refractivity contribution >= 4 is 11.6 Å². The average Bonchev–Trinajstić information content (AvgIpc) is 2.38. The minimum atomic E-state index is -0.366. The Bertz CT molecular complexity index is 249. The fourth-order valence-corrected chi connectivity index (χ4v) is 2.80. The zero-order valence-corrected chi connectivity index (χ0v) is 13.7. The lowest BCUT2D eigenvalue weighted by molar-refractivity contribution is -0.138. The van der Waals surface area contributed by atoms with Crippen molar-refractivity contribution in [3.8, 4) is 0 Å². The van der Waals surface area contributed by atoms with E-state index in [0.29, 0.717) is 12.3 Å². The predicted octanol–water partition coefficient (Wildman–Crippen LogP) is 4.66. The standard InChI is InChI=1S/C17H32O2/c1-7-13(8-2)16(18)15(11-12(5)6)17(19)14(9-3)10-4/h12-15H,7-11H2,1-6H3. The molecule has 0 saturated carbocycles. The first-order chi connectivity index (χ1) is 8.92. The summed E-state index contributed by atoms with van der Waals surface area (Å²) in [7, 11) is 0. The number of rotatable bonds is 10. The summed E-state index contributed by atoms with van der Waals surface area (Å²) in [5, 5.41) is 0. The smallest absolute Gasteiger partial charge is 0.146 e. The van der Waals surface area contributed by atoms with E-state index in [1.54, 1.807) is 0 Å². The van der Waals surface area contributed by atoms with Gasteiger partial charge in [0.1, 0.15) is 11.6 Å². The van der Waals surface area contributed by atoms with Gasteiger partial charge in [-0.3, -0.25) is 9.59 Å². The Morgan fingerprint density at radius 3 is 1.26 bits per heavy atom. The van der Waals surface area contributed by atoms with Gasteiger partial charge in [-0.05, 0) is 38.0 Å². The van der Waals surface area contributed by atoms with Gasteiger partial charge in [-0.15, -0.1) is 0 Å². The average molecular weight is 268 g/mol. The van der Waals surface area contributed by atoms with Gasteiger partial charge in [0, 0.05) is 11.8 Å². The molecule has 2 nitrogen and oxygen atoms in total. The molecular weight excluding hydrogens is 236 g/mol. The van der Waals surface area contributed by atoms with Crippen molar-refractivity contribution in [3.63, 3.8) is 0 Å². The van der Waals surface area contributed by atoms with Crippen LogP contribution in [0, 0.1) is 23.7 Å². The normalized spacial score (nSPS) is 11.9. The highest BCUT2D eigenvalue weighted by atomic mass is 16.2. The molecule has 0 aromatic heterocycles. The lowest BCUT2D eigenvalue weighted by Crippen LogP contribution is -2.34. The highest BCUT2D eigenvalue weighted by Gasteiger charge is 2.33. The number of carbonyl (C=O) groups is 2. The van der Waals surface area contributed by atoms with E-state index in [0.717, 1.165) is 25.7 Å². The third-order valence-electron chi connectivity index (χ3n) is 4.17. The van der Waals surface area contributed by atoms with Crippen molar-refractivity contribution in [3.05, 3.63) is 0 Å². The van der Waals surface area contributed by atoms with Gasteiger partial charge in [0.25, 0.3) is 0 Å². The molecular formula is C17H32O2. The number of ketones is 2. The number of hydrogen-bond donors (Lipinski definition) is 0.